The second-order valence-corrected chi connectivity index (χ2v) is 8.12. The molecule has 0 spiro atoms. The fourth-order valence-corrected chi connectivity index (χ4v) is 4.30. The second-order valence-electron chi connectivity index (χ2n) is 8.12. The fraction of sp³-hybridized carbons (Fsp3) is 0.682. The Labute approximate surface area is 195 Å². The number of esters is 1. The average molecular weight is 519 g/mol. The first-order chi connectivity index (χ1) is 12.1. The number of hydrogen-bond acceptors (Lipinski definition) is 2. The molecular formula is C22H30FO2Yb-. The first kappa shape index (κ1) is 22.4. The molecule has 0 saturated heterocycles. The molecule has 1 aromatic carbocycles. The van der Waals surface area contributed by atoms with Crippen LogP contribution in [-0.2, 0) is 16.0 Å². The van der Waals surface area contributed by atoms with E-state index in [-0.39, 0.29) is 70.7 Å². The van der Waals surface area contributed by atoms with Crippen molar-refractivity contribution in [3.05, 3.63) is 35.6 Å². The molecule has 2 saturated carbocycles. The van der Waals surface area contributed by atoms with Gasteiger partial charge < -0.3 is 4.74 Å². The van der Waals surface area contributed by atoms with E-state index in [9.17, 15) is 9.18 Å². The number of benzene rings is 1. The third-order valence-corrected chi connectivity index (χ3v) is 6.10. The van der Waals surface area contributed by atoms with Crippen molar-refractivity contribution < 1.29 is 60.8 Å². The van der Waals surface area contributed by atoms with Crippen molar-refractivity contribution in [2.45, 2.75) is 77.2 Å². The van der Waals surface area contributed by atoms with Crippen LogP contribution in [-0.4, -0.2) is 12.1 Å². The van der Waals surface area contributed by atoms with Crippen molar-refractivity contribution in [2.75, 3.05) is 0 Å². The first-order valence-corrected chi connectivity index (χ1v) is 9.96. The summed E-state index contributed by atoms with van der Waals surface area (Å²) in [4.78, 5) is 12.3. The topological polar surface area (TPSA) is 26.3 Å². The largest absolute Gasteiger partial charge is 0.462 e. The predicted molar refractivity (Wildman–Crippen MR) is 96.5 cm³/mol. The van der Waals surface area contributed by atoms with Gasteiger partial charge >= 0.3 is 5.97 Å². The van der Waals surface area contributed by atoms with Crippen molar-refractivity contribution in [3.63, 3.8) is 0 Å². The van der Waals surface area contributed by atoms with Gasteiger partial charge in [0.15, 0.2) is 0 Å². The van der Waals surface area contributed by atoms with E-state index < -0.39 is 0 Å². The van der Waals surface area contributed by atoms with Crippen LogP contribution in [0.25, 0.3) is 0 Å². The zero-order chi connectivity index (χ0) is 17.6. The van der Waals surface area contributed by atoms with E-state index >= 15 is 0 Å². The Bertz CT molecular complexity index is 561. The van der Waals surface area contributed by atoms with E-state index in [4.69, 9.17) is 4.74 Å². The molecule has 0 N–H and O–H groups in total. The van der Waals surface area contributed by atoms with Gasteiger partial charge in [-0.3, -0.25) is 4.79 Å². The van der Waals surface area contributed by atoms with Gasteiger partial charge in [-0.25, -0.2) is 4.39 Å². The molecule has 0 atom stereocenters. The van der Waals surface area contributed by atoms with Crippen LogP contribution < -0.4 is 0 Å². The summed E-state index contributed by atoms with van der Waals surface area (Å²) >= 11 is 0. The molecule has 1 aromatic rings. The standard InChI is InChI=1S/C22H30FO2.Yb/c1-16-5-11-19(12-6-16)22(24)25-21-13-9-17(10-14-21)7-8-18-3-2-4-20(23)15-18;/h2-3,15-17,19,21H,5-14H2,1H3;/q-1;. The molecule has 4 heteroatoms. The van der Waals surface area contributed by atoms with Crippen LogP contribution in [0.2, 0.25) is 0 Å². The molecule has 2 aliphatic rings. The van der Waals surface area contributed by atoms with E-state index in [0.717, 1.165) is 75.7 Å². The predicted octanol–water partition coefficient (Wildman–Crippen LogP) is 5.49. The Hall–Kier alpha value is 0.139. The normalized spacial score (nSPS) is 28.8. The van der Waals surface area contributed by atoms with Crippen LogP contribution in [0.3, 0.4) is 0 Å². The van der Waals surface area contributed by atoms with Crippen LogP contribution in [0.1, 0.15) is 70.3 Å². The van der Waals surface area contributed by atoms with Crippen molar-refractivity contribution >= 4 is 5.97 Å². The van der Waals surface area contributed by atoms with Gasteiger partial charge in [0, 0.05) is 52.7 Å². The summed E-state index contributed by atoms with van der Waals surface area (Å²) in [6.45, 7) is 2.27. The number of rotatable bonds is 5. The van der Waals surface area contributed by atoms with Gasteiger partial charge in [-0.1, -0.05) is 13.3 Å². The Morgan fingerprint density at radius 1 is 1.15 bits per heavy atom. The average Bonchev–Trinajstić information content (AvgIpc) is 2.62. The Morgan fingerprint density at radius 3 is 2.50 bits per heavy atom. The molecule has 2 aliphatic carbocycles. The van der Waals surface area contributed by atoms with E-state index in [2.05, 4.69) is 13.0 Å². The molecule has 2 nitrogen and oxygen atoms in total. The zero-order valence-electron chi connectivity index (χ0n) is 15.6. The summed E-state index contributed by atoms with van der Waals surface area (Å²) in [5, 5.41) is 0. The molecule has 152 valence electrons. The number of ether oxygens (including phenoxy) is 1. The van der Waals surface area contributed by atoms with Crippen LogP contribution in [0, 0.1) is 76.6 Å². The molecule has 0 heterocycles. The molecule has 0 unspecified atom stereocenters. The number of carbonyl (C=O) groups is 1. The minimum atomic E-state index is -0.273. The molecule has 3 rings (SSSR count). The second kappa shape index (κ2) is 11.2. The molecule has 0 radical (unpaired) electrons. The van der Waals surface area contributed by atoms with Crippen LogP contribution in [0.4, 0.5) is 4.39 Å². The third-order valence-electron chi connectivity index (χ3n) is 6.10. The van der Waals surface area contributed by atoms with Crippen LogP contribution >= 0.6 is 0 Å². The number of hydrogen-bond donors (Lipinski definition) is 0. The van der Waals surface area contributed by atoms with Crippen molar-refractivity contribution in [1.29, 1.82) is 0 Å². The quantitative estimate of drug-likeness (QED) is 0.381. The first-order valence-electron chi connectivity index (χ1n) is 9.96. The summed E-state index contributed by atoms with van der Waals surface area (Å²) in [5.74, 6) is 1.34. The fourth-order valence-electron chi connectivity index (χ4n) is 4.30. The van der Waals surface area contributed by atoms with Crippen molar-refractivity contribution in [2.24, 2.45) is 17.8 Å². The zero-order valence-corrected chi connectivity index (χ0v) is 17.3. The van der Waals surface area contributed by atoms with Gasteiger partial charge in [-0.05, 0) is 69.6 Å². The van der Waals surface area contributed by atoms with E-state index in [1.54, 1.807) is 12.1 Å². The van der Waals surface area contributed by atoms with Gasteiger partial charge in [0.25, 0.3) is 0 Å². The van der Waals surface area contributed by atoms with Crippen LogP contribution in [0.15, 0.2) is 18.2 Å². The Morgan fingerprint density at radius 2 is 1.85 bits per heavy atom. The van der Waals surface area contributed by atoms with E-state index in [1.807, 2.05) is 6.07 Å². The molecule has 26 heavy (non-hydrogen) atoms. The number of halogens is 1. The van der Waals surface area contributed by atoms with Gasteiger partial charge in [0.05, 0.1) is 5.92 Å². The van der Waals surface area contributed by atoms with Gasteiger partial charge in [0.2, 0.25) is 0 Å². The monoisotopic (exact) mass is 519 g/mol. The van der Waals surface area contributed by atoms with Gasteiger partial charge in [0.1, 0.15) is 6.10 Å². The number of aryl methyl sites for hydroxylation is 1. The van der Waals surface area contributed by atoms with Gasteiger partial charge in [-0.2, -0.15) is 17.7 Å². The maximum Gasteiger partial charge on any atom is 0.309 e. The summed E-state index contributed by atoms with van der Waals surface area (Å²) in [7, 11) is 0. The Kier molecular flexibility index (Phi) is 9.68. The molecule has 0 aliphatic heterocycles. The SMILES string of the molecule is CC1CCC(C(=O)OC2CCC(CCc3cc[c-]c(F)c3)CC2)CC1.[Yb]. The van der Waals surface area contributed by atoms with Gasteiger partial charge in [-0.15, -0.1) is 12.1 Å². The Balaban J connectivity index is 0.00000243. The van der Waals surface area contributed by atoms with Crippen LogP contribution in [0.5, 0.6) is 0 Å². The van der Waals surface area contributed by atoms with E-state index in [1.165, 1.54) is 0 Å². The van der Waals surface area contributed by atoms with Crippen molar-refractivity contribution in [3.8, 4) is 0 Å². The van der Waals surface area contributed by atoms with E-state index in [0.29, 0.717) is 5.92 Å². The smallest absolute Gasteiger partial charge is 0.309 e. The van der Waals surface area contributed by atoms with Crippen molar-refractivity contribution in [1.82, 2.24) is 0 Å². The maximum atomic E-state index is 13.2. The number of carbonyl (C=O) groups excluding carboxylic acids is 1. The maximum absolute atomic E-state index is 13.2. The third kappa shape index (κ3) is 6.95. The summed E-state index contributed by atoms with van der Waals surface area (Å²) < 4.78 is 19.0. The molecule has 0 amide bonds. The molecule has 2 fully saturated rings. The minimum Gasteiger partial charge on any atom is -0.462 e. The minimum absolute atomic E-state index is 0. The summed E-state index contributed by atoms with van der Waals surface area (Å²) in [5.41, 5.74) is 1.05. The molecular weight excluding hydrogens is 488 g/mol. The molecule has 0 aromatic heterocycles. The summed E-state index contributed by atoms with van der Waals surface area (Å²) in [6.07, 6.45) is 10.6. The summed E-state index contributed by atoms with van der Waals surface area (Å²) in [6, 6.07) is 7.74. The molecule has 0 bridgehead atoms.